The number of fused-ring (bicyclic) bond motifs is 2. The molecule has 2 aliphatic heterocycles. The van der Waals surface area contributed by atoms with Gasteiger partial charge < -0.3 is 4.90 Å². The van der Waals surface area contributed by atoms with E-state index in [9.17, 15) is 13.2 Å². The molecule has 5 unspecified atom stereocenters. The van der Waals surface area contributed by atoms with Gasteiger partial charge in [-0.3, -0.25) is 4.79 Å². The van der Waals surface area contributed by atoms with Crippen LogP contribution in [0.5, 0.6) is 0 Å². The molecule has 1 amide bonds. The van der Waals surface area contributed by atoms with Gasteiger partial charge in [0.15, 0.2) is 9.84 Å². The highest BCUT2D eigenvalue weighted by atomic mass is 32.2. The van der Waals surface area contributed by atoms with E-state index in [4.69, 9.17) is 0 Å². The lowest BCUT2D eigenvalue weighted by molar-refractivity contribution is -0.135. The number of hydrogen-bond donors (Lipinski definition) is 0. The van der Waals surface area contributed by atoms with Crippen LogP contribution in [-0.2, 0) is 14.6 Å². The number of hydrogen-bond acceptors (Lipinski definition) is 3. The Morgan fingerprint density at radius 3 is 2.59 bits per heavy atom. The minimum absolute atomic E-state index is 0.0865. The van der Waals surface area contributed by atoms with Crippen LogP contribution in [0.3, 0.4) is 0 Å². The van der Waals surface area contributed by atoms with Gasteiger partial charge in [-0.1, -0.05) is 6.42 Å². The summed E-state index contributed by atoms with van der Waals surface area (Å²) in [5.41, 5.74) is 0. The maximum Gasteiger partial charge on any atom is 0.226 e. The normalized spacial score (nSPS) is 43.1. The molecule has 4 fully saturated rings. The maximum absolute atomic E-state index is 12.7. The maximum atomic E-state index is 12.7. The molecule has 5 atom stereocenters. The molecule has 2 saturated carbocycles. The van der Waals surface area contributed by atoms with Gasteiger partial charge in [-0.05, 0) is 62.7 Å². The van der Waals surface area contributed by atoms with Crippen LogP contribution in [0.1, 0.15) is 51.4 Å². The van der Waals surface area contributed by atoms with E-state index in [1.165, 1.54) is 32.1 Å². The molecule has 4 aliphatic rings. The molecule has 22 heavy (non-hydrogen) atoms. The van der Waals surface area contributed by atoms with Crippen molar-refractivity contribution in [2.45, 2.75) is 57.4 Å². The Bertz CT molecular complexity index is 558. The Balaban J connectivity index is 1.39. The van der Waals surface area contributed by atoms with E-state index in [1.54, 1.807) is 0 Å². The zero-order valence-electron chi connectivity index (χ0n) is 13.2. The molecule has 0 aromatic heterocycles. The molecule has 2 aliphatic carbocycles. The Hall–Kier alpha value is -0.580. The second kappa shape index (κ2) is 5.50. The molecule has 4 rings (SSSR count). The highest BCUT2D eigenvalue weighted by Gasteiger charge is 2.43. The highest BCUT2D eigenvalue weighted by Crippen LogP contribution is 2.50. The molecular formula is C17H27NO3S. The van der Waals surface area contributed by atoms with Crippen molar-refractivity contribution in [1.82, 2.24) is 4.90 Å². The summed E-state index contributed by atoms with van der Waals surface area (Å²) in [5, 5.41) is 0. The summed E-state index contributed by atoms with van der Waals surface area (Å²) < 4.78 is 23.3. The number of carbonyl (C=O) groups is 1. The summed E-state index contributed by atoms with van der Waals surface area (Å²) >= 11 is 0. The molecule has 0 radical (unpaired) electrons. The second-order valence-corrected chi connectivity index (χ2v) is 10.3. The standard InChI is InChI=1S/C17H27NO3S/c19-17(14-5-7-22(20,21)11-14)18-6-1-2-16(18)10-15-9-12-3-4-13(15)8-12/h12-16H,1-11H2. The van der Waals surface area contributed by atoms with Crippen LogP contribution >= 0.6 is 0 Å². The van der Waals surface area contributed by atoms with Gasteiger partial charge in [-0.2, -0.15) is 0 Å². The molecule has 0 aromatic carbocycles. The van der Waals surface area contributed by atoms with Gasteiger partial charge in [0.1, 0.15) is 0 Å². The van der Waals surface area contributed by atoms with Crippen molar-refractivity contribution in [2.24, 2.45) is 23.7 Å². The summed E-state index contributed by atoms with van der Waals surface area (Å²) in [5.74, 6) is 2.86. The monoisotopic (exact) mass is 325 g/mol. The fourth-order valence-electron chi connectivity index (χ4n) is 5.61. The zero-order chi connectivity index (χ0) is 15.3. The average Bonchev–Trinajstić information content (AvgIpc) is 3.21. The van der Waals surface area contributed by atoms with Crippen LogP contribution in [-0.4, -0.2) is 43.3 Å². The van der Waals surface area contributed by atoms with Crippen molar-refractivity contribution in [3.63, 3.8) is 0 Å². The van der Waals surface area contributed by atoms with E-state index in [-0.39, 0.29) is 23.3 Å². The average molecular weight is 325 g/mol. The lowest BCUT2D eigenvalue weighted by Gasteiger charge is -2.31. The molecule has 2 bridgehead atoms. The lowest BCUT2D eigenvalue weighted by Crippen LogP contribution is -2.41. The topological polar surface area (TPSA) is 54.5 Å². The SMILES string of the molecule is O=C(C1CCS(=O)(=O)C1)N1CCCC1CC1CC2CCC1C2. The van der Waals surface area contributed by atoms with E-state index in [2.05, 4.69) is 4.90 Å². The van der Waals surface area contributed by atoms with Crippen molar-refractivity contribution >= 4 is 15.7 Å². The summed E-state index contributed by atoms with van der Waals surface area (Å²) in [6.07, 6.45) is 9.55. The van der Waals surface area contributed by atoms with Crippen molar-refractivity contribution < 1.29 is 13.2 Å². The predicted molar refractivity (Wildman–Crippen MR) is 85.1 cm³/mol. The van der Waals surface area contributed by atoms with E-state index >= 15 is 0 Å². The fraction of sp³-hybridized carbons (Fsp3) is 0.941. The fourth-order valence-corrected chi connectivity index (χ4v) is 7.34. The van der Waals surface area contributed by atoms with Gasteiger partial charge in [-0.15, -0.1) is 0 Å². The Labute approximate surface area is 133 Å². The third-order valence-corrected chi connectivity index (χ3v) is 8.47. The number of sulfone groups is 1. The minimum Gasteiger partial charge on any atom is -0.339 e. The first-order valence-corrected chi connectivity index (χ1v) is 10.8. The Morgan fingerprint density at radius 1 is 1.09 bits per heavy atom. The van der Waals surface area contributed by atoms with Crippen LogP contribution in [0.25, 0.3) is 0 Å². The van der Waals surface area contributed by atoms with Crippen molar-refractivity contribution in [3.8, 4) is 0 Å². The van der Waals surface area contributed by atoms with Crippen molar-refractivity contribution in [1.29, 1.82) is 0 Å². The van der Waals surface area contributed by atoms with Crippen molar-refractivity contribution in [2.75, 3.05) is 18.1 Å². The quantitative estimate of drug-likeness (QED) is 0.799. The van der Waals surface area contributed by atoms with E-state index in [0.29, 0.717) is 12.5 Å². The molecule has 0 spiro atoms. The first kappa shape index (κ1) is 15.0. The molecule has 0 N–H and O–H groups in total. The van der Waals surface area contributed by atoms with Crippen molar-refractivity contribution in [3.05, 3.63) is 0 Å². The van der Waals surface area contributed by atoms with E-state index in [0.717, 1.165) is 37.1 Å². The first-order valence-electron chi connectivity index (χ1n) is 9.03. The molecule has 4 nitrogen and oxygen atoms in total. The van der Waals surface area contributed by atoms with E-state index < -0.39 is 9.84 Å². The lowest BCUT2D eigenvalue weighted by atomic mass is 9.83. The van der Waals surface area contributed by atoms with Gasteiger partial charge >= 0.3 is 0 Å². The van der Waals surface area contributed by atoms with Gasteiger partial charge in [0.2, 0.25) is 5.91 Å². The number of amides is 1. The van der Waals surface area contributed by atoms with Crippen LogP contribution in [0.2, 0.25) is 0 Å². The number of rotatable bonds is 3. The highest BCUT2D eigenvalue weighted by molar-refractivity contribution is 7.91. The molecule has 2 saturated heterocycles. The van der Waals surface area contributed by atoms with Crippen LogP contribution in [0, 0.1) is 23.7 Å². The smallest absolute Gasteiger partial charge is 0.226 e. The van der Waals surface area contributed by atoms with Gasteiger partial charge in [0, 0.05) is 12.6 Å². The third-order valence-electron chi connectivity index (χ3n) is 6.70. The molecule has 124 valence electrons. The zero-order valence-corrected chi connectivity index (χ0v) is 14.1. The third kappa shape index (κ3) is 2.70. The number of carbonyl (C=O) groups excluding carboxylic acids is 1. The minimum atomic E-state index is -2.96. The Morgan fingerprint density at radius 2 is 1.95 bits per heavy atom. The predicted octanol–water partition coefficient (Wildman–Crippen LogP) is 2.24. The molecule has 5 heteroatoms. The van der Waals surface area contributed by atoms with Gasteiger partial charge in [0.05, 0.1) is 17.4 Å². The first-order chi connectivity index (χ1) is 10.5. The van der Waals surface area contributed by atoms with Crippen LogP contribution in [0.15, 0.2) is 0 Å². The molecular weight excluding hydrogens is 298 g/mol. The van der Waals surface area contributed by atoms with Gasteiger partial charge in [0.25, 0.3) is 0 Å². The largest absolute Gasteiger partial charge is 0.339 e. The number of likely N-dealkylation sites (tertiary alicyclic amines) is 1. The summed E-state index contributed by atoms with van der Waals surface area (Å²) in [4.78, 5) is 14.8. The second-order valence-electron chi connectivity index (χ2n) is 8.10. The molecule has 2 heterocycles. The summed E-state index contributed by atoms with van der Waals surface area (Å²) in [7, 11) is -2.96. The van der Waals surface area contributed by atoms with Crippen LogP contribution in [0.4, 0.5) is 0 Å². The number of nitrogens with zero attached hydrogens (tertiary/aromatic N) is 1. The van der Waals surface area contributed by atoms with E-state index in [1.807, 2.05) is 0 Å². The summed E-state index contributed by atoms with van der Waals surface area (Å²) in [6, 6.07) is 0.389. The van der Waals surface area contributed by atoms with Crippen LogP contribution < -0.4 is 0 Å². The Kier molecular flexibility index (Phi) is 3.74. The molecule has 0 aromatic rings. The van der Waals surface area contributed by atoms with Gasteiger partial charge in [-0.25, -0.2) is 8.42 Å². The summed E-state index contributed by atoms with van der Waals surface area (Å²) in [6.45, 7) is 0.848.